The minimum absolute atomic E-state index is 0.261. The first kappa shape index (κ1) is 9.18. The van der Waals surface area contributed by atoms with E-state index in [1.807, 2.05) is 31.2 Å². The highest BCUT2D eigenvalue weighted by Gasteiger charge is 2.25. The van der Waals surface area contributed by atoms with Crippen molar-refractivity contribution >= 4 is 8.80 Å². The summed E-state index contributed by atoms with van der Waals surface area (Å²) in [7, 11) is -3.42. The lowest BCUT2D eigenvalue weighted by atomic mass is 10.1. The van der Waals surface area contributed by atoms with Crippen molar-refractivity contribution in [3.63, 3.8) is 0 Å². The predicted octanol–water partition coefficient (Wildman–Crippen LogP) is 0.934. The first-order valence-electron chi connectivity index (χ1n) is 6.57. The van der Waals surface area contributed by atoms with Gasteiger partial charge in [0.1, 0.15) is 5.75 Å². The van der Waals surface area contributed by atoms with Crippen LogP contribution < -0.4 is 4.74 Å². The third-order valence-electron chi connectivity index (χ3n) is 2.18. The predicted molar refractivity (Wildman–Crippen MR) is 63.1 cm³/mol. The maximum atomic E-state index is 6.82. The minimum Gasteiger partial charge on any atom is -0.494 e. The fourth-order valence-electron chi connectivity index (χ4n) is 1.43. The van der Waals surface area contributed by atoms with Crippen LogP contribution >= 0.6 is 0 Å². The van der Waals surface area contributed by atoms with Crippen LogP contribution in [0.15, 0.2) is 24.3 Å². The number of hydrogen-bond donors (Lipinski definition) is 3. The van der Waals surface area contributed by atoms with E-state index in [0.717, 1.165) is 17.7 Å². The standard InChI is InChI=1S/C11H18O4Si/c1-2-15-11-7-5-10(6-8-11)4-3-9-16(12,13)14/h5-8,12-14H,2-4,9H2,1H3/i12T,13T,14T. The van der Waals surface area contributed by atoms with Crippen molar-refractivity contribution in [3.05, 3.63) is 29.8 Å². The fourth-order valence-corrected chi connectivity index (χ4v) is 2.04. The van der Waals surface area contributed by atoms with E-state index in [4.69, 9.17) is 9.03 Å². The highest BCUT2D eigenvalue weighted by atomic mass is 28.4. The molecule has 0 aliphatic carbocycles. The number of aryl methyl sites for hydroxylation is 1. The molecule has 90 valence electrons. The monoisotopic (exact) mass is 248 g/mol. The summed E-state index contributed by atoms with van der Waals surface area (Å²) in [6.07, 6.45) is 1.36. The Bertz CT molecular complexity index is 351. The van der Waals surface area contributed by atoms with Crippen LogP contribution in [0.4, 0.5) is 0 Å². The Morgan fingerprint density at radius 2 is 1.94 bits per heavy atom. The Kier molecular flexibility index (Phi) is 3.44. The highest BCUT2D eigenvalue weighted by Crippen LogP contribution is 2.14. The van der Waals surface area contributed by atoms with Crippen molar-refractivity contribution in [2.75, 3.05) is 6.61 Å². The molecule has 3 N–H and O–H groups in total. The smallest absolute Gasteiger partial charge is 0.492 e. The SMILES string of the molecule is [3H]O[Si](CCCc1ccc(OCC)cc1)(O[3H])O[3H]. The van der Waals surface area contributed by atoms with Crippen LogP contribution in [0.5, 0.6) is 5.75 Å². The van der Waals surface area contributed by atoms with E-state index in [9.17, 15) is 0 Å². The third-order valence-corrected chi connectivity index (χ3v) is 3.15. The van der Waals surface area contributed by atoms with E-state index >= 15 is 0 Å². The summed E-state index contributed by atoms with van der Waals surface area (Å²) in [4.78, 5) is 12.8. The first-order valence-corrected chi connectivity index (χ1v) is 7.27. The zero-order chi connectivity index (χ0) is 14.1. The van der Waals surface area contributed by atoms with E-state index in [-0.39, 0.29) is 6.04 Å². The molecule has 1 rings (SSSR count). The summed E-state index contributed by atoms with van der Waals surface area (Å²) in [6, 6.07) is 7.97. The van der Waals surface area contributed by atoms with Gasteiger partial charge in [0.15, 0.2) is 4.29 Å². The van der Waals surface area contributed by atoms with Crippen molar-refractivity contribution in [3.8, 4) is 5.75 Å². The van der Waals surface area contributed by atoms with Gasteiger partial charge in [0.2, 0.25) is 0 Å². The van der Waals surface area contributed by atoms with Gasteiger partial charge in [-0.2, -0.15) is 0 Å². The van der Waals surface area contributed by atoms with E-state index in [1.54, 1.807) is 0 Å². The van der Waals surface area contributed by atoms with Gasteiger partial charge in [-0.25, -0.2) is 0 Å². The van der Waals surface area contributed by atoms with Crippen molar-refractivity contribution in [1.29, 1.82) is 4.29 Å². The summed E-state index contributed by atoms with van der Waals surface area (Å²) in [6.45, 7) is 2.57. The van der Waals surface area contributed by atoms with E-state index in [1.165, 1.54) is 0 Å². The van der Waals surface area contributed by atoms with Crippen molar-refractivity contribution in [2.24, 2.45) is 0 Å². The Morgan fingerprint density at radius 3 is 2.50 bits per heavy atom. The lowest BCUT2D eigenvalue weighted by Crippen LogP contribution is -2.34. The number of hydrogen-bond acceptors (Lipinski definition) is 4. The Morgan fingerprint density at radius 1 is 1.25 bits per heavy atom. The third kappa shape index (κ3) is 5.27. The van der Waals surface area contributed by atoms with Crippen LogP contribution in [0.3, 0.4) is 0 Å². The summed E-state index contributed by atoms with van der Waals surface area (Å²) in [5, 5.41) is 0. The van der Waals surface area contributed by atoms with E-state index in [0.29, 0.717) is 13.0 Å². The molecule has 0 aliphatic rings. The van der Waals surface area contributed by atoms with Gasteiger partial charge in [-0.3, -0.25) is 0 Å². The topological polar surface area (TPSA) is 69.9 Å². The molecule has 0 atom stereocenters. The molecule has 0 spiro atoms. The summed E-state index contributed by atoms with van der Waals surface area (Å²) in [5.74, 6) is 0.827. The molecule has 0 aliphatic heterocycles. The van der Waals surface area contributed by atoms with Crippen LogP contribution in [0, 0.1) is 0 Å². The maximum absolute atomic E-state index is 6.82. The molecule has 0 saturated carbocycles. The molecular formula is C11H18O4Si. The second kappa shape index (κ2) is 6.00. The van der Waals surface area contributed by atoms with E-state index < -0.39 is 8.80 Å². The fraction of sp³-hybridized carbons (Fsp3) is 0.455. The normalized spacial score (nSPS) is 13.9. The first-order chi connectivity index (χ1) is 9.19. The quantitative estimate of drug-likeness (QED) is 0.569. The number of benzene rings is 1. The van der Waals surface area contributed by atoms with Gasteiger partial charge in [-0.1, -0.05) is 12.1 Å². The van der Waals surface area contributed by atoms with Gasteiger partial charge in [0.05, 0.1) is 6.61 Å². The molecule has 0 fully saturated rings. The molecule has 1 aromatic carbocycles. The van der Waals surface area contributed by atoms with Crippen molar-refractivity contribution < 1.29 is 19.1 Å². The lowest BCUT2D eigenvalue weighted by Gasteiger charge is -2.09. The molecule has 5 heteroatoms. The van der Waals surface area contributed by atoms with Gasteiger partial charge in [0, 0.05) is 6.04 Å². The molecule has 0 saturated heterocycles. The highest BCUT2D eigenvalue weighted by molar-refractivity contribution is 6.56. The van der Waals surface area contributed by atoms with Crippen molar-refractivity contribution in [2.45, 2.75) is 25.8 Å². The van der Waals surface area contributed by atoms with Gasteiger partial charge < -0.3 is 19.1 Å². The Hall–Kier alpha value is -0.883. The zero-order valence-electron chi connectivity index (χ0n) is 12.3. The molecule has 16 heavy (non-hydrogen) atoms. The summed E-state index contributed by atoms with van der Waals surface area (Å²) in [5.41, 5.74) is 1.10. The van der Waals surface area contributed by atoms with Gasteiger partial charge in [-0.05, 0) is 37.5 Å². The van der Waals surface area contributed by atoms with Crippen LogP contribution in [0.2, 0.25) is 6.04 Å². The second-order valence-electron chi connectivity index (χ2n) is 3.61. The Labute approximate surface area is 101 Å². The van der Waals surface area contributed by atoms with Crippen LogP contribution in [0.1, 0.15) is 18.9 Å². The Balaban J connectivity index is 2.44. The molecule has 0 heterocycles. The largest absolute Gasteiger partial charge is 0.494 e. The van der Waals surface area contributed by atoms with E-state index in [2.05, 4.69) is 14.4 Å². The molecule has 4 nitrogen and oxygen atoms in total. The van der Waals surface area contributed by atoms with Crippen LogP contribution in [-0.4, -0.2) is 34.1 Å². The lowest BCUT2D eigenvalue weighted by molar-refractivity contribution is 0.226. The maximum Gasteiger partial charge on any atom is 0.492 e. The molecule has 1 aromatic rings. The van der Waals surface area contributed by atoms with Crippen LogP contribution in [-0.2, 0) is 6.42 Å². The molecule has 0 amide bonds. The minimum atomic E-state index is -3.42. The average molecular weight is 248 g/mol. The summed E-state index contributed by atoms with van der Waals surface area (Å²) >= 11 is 0. The van der Waals surface area contributed by atoms with Gasteiger partial charge in [-0.15, -0.1) is 0 Å². The van der Waals surface area contributed by atoms with Gasteiger partial charge in [0.25, 0.3) is 0 Å². The number of rotatable bonds is 9. The second-order valence-corrected chi connectivity index (χ2v) is 5.48. The summed E-state index contributed by atoms with van der Waals surface area (Å²) < 4.78 is 25.8. The number of ether oxygens (including phenoxy) is 1. The van der Waals surface area contributed by atoms with Gasteiger partial charge >= 0.3 is 8.80 Å². The molecular weight excluding hydrogens is 224 g/mol. The molecule has 0 bridgehead atoms. The zero-order valence-corrected chi connectivity index (χ0v) is 10.3. The molecule has 0 aromatic heterocycles. The van der Waals surface area contributed by atoms with Crippen LogP contribution in [0.25, 0.3) is 0 Å². The molecule has 0 radical (unpaired) electrons. The average Bonchev–Trinajstić information content (AvgIpc) is 2.46. The molecule has 0 unspecified atom stereocenters. The van der Waals surface area contributed by atoms with Crippen molar-refractivity contribution in [1.82, 2.24) is 0 Å².